The highest BCUT2D eigenvalue weighted by Crippen LogP contribution is 2.35. The molecule has 1 atom stereocenters. The quantitative estimate of drug-likeness (QED) is 0.594. The molecular weight excluding hydrogens is 420 g/mol. The second-order valence-electron chi connectivity index (χ2n) is 9.28. The van der Waals surface area contributed by atoms with E-state index < -0.39 is 0 Å². The van der Waals surface area contributed by atoms with Crippen molar-refractivity contribution >= 4 is 21.6 Å². The summed E-state index contributed by atoms with van der Waals surface area (Å²) >= 11 is 1.73. The number of ether oxygens (including phenoxy) is 1. The molecular formula is C25H32N4O2S. The van der Waals surface area contributed by atoms with Crippen molar-refractivity contribution in [3.8, 4) is 5.75 Å². The first kappa shape index (κ1) is 21.6. The van der Waals surface area contributed by atoms with Crippen molar-refractivity contribution < 1.29 is 4.74 Å². The SMILES string of the molecule is COc1cccc(Cn2cnc3sc4c(c3c2=O)CCC(N2CCN(C(C)C)CC2)C4)c1. The maximum atomic E-state index is 13.4. The summed E-state index contributed by atoms with van der Waals surface area (Å²) in [6.45, 7) is 9.69. The molecule has 0 bridgehead atoms. The molecule has 1 fully saturated rings. The molecule has 3 heterocycles. The molecule has 5 rings (SSSR count). The predicted molar refractivity (Wildman–Crippen MR) is 130 cm³/mol. The number of nitrogens with zero attached hydrogens (tertiary/aromatic N) is 4. The van der Waals surface area contributed by atoms with Crippen LogP contribution in [0.3, 0.4) is 0 Å². The van der Waals surface area contributed by atoms with Crippen LogP contribution in [-0.4, -0.2) is 64.7 Å². The van der Waals surface area contributed by atoms with Crippen molar-refractivity contribution in [1.82, 2.24) is 19.4 Å². The fourth-order valence-electron chi connectivity index (χ4n) is 5.19. The summed E-state index contributed by atoms with van der Waals surface area (Å²) in [5.74, 6) is 0.803. The minimum atomic E-state index is 0.0827. The van der Waals surface area contributed by atoms with Gasteiger partial charge in [-0.15, -0.1) is 11.3 Å². The van der Waals surface area contributed by atoms with Gasteiger partial charge in [-0.3, -0.25) is 19.2 Å². The van der Waals surface area contributed by atoms with Crippen LogP contribution >= 0.6 is 11.3 Å². The minimum absolute atomic E-state index is 0.0827. The third-order valence-corrected chi connectivity index (χ3v) is 8.25. The van der Waals surface area contributed by atoms with Gasteiger partial charge in [0.2, 0.25) is 0 Å². The Bertz CT molecular complexity index is 1160. The fraction of sp³-hybridized carbons (Fsp3) is 0.520. The highest BCUT2D eigenvalue weighted by molar-refractivity contribution is 7.18. The molecule has 2 aromatic heterocycles. The summed E-state index contributed by atoms with van der Waals surface area (Å²) < 4.78 is 7.06. The Balaban J connectivity index is 1.37. The van der Waals surface area contributed by atoms with Crippen LogP contribution in [0.15, 0.2) is 35.4 Å². The third kappa shape index (κ3) is 4.09. The number of hydrogen-bond donors (Lipinski definition) is 0. The Kier molecular flexibility index (Phi) is 6.05. The first-order valence-electron chi connectivity index (χ1n) is 11.6. The van der Waals surface area contributed by atoms with E-state index in [4.69, 9.17) is 4.74 Å². The Morgan fingerprint density at radius 2 is 2.03 bits per heavy atom. The standard InChI is InChI=1S/C25H32N4O2S/c1-17(2)27-9-11-28(12-10-27)19-7-8-21-22(14-19)32-24-23(21)25(30)29(16-26-24)15-18-5-4-6-20(13-18)31-3/h4-6,13,16-17,19H,7-12,14-15H2,1-3H3. The molecule has 1 aliphatic heterocycles. The number of hydrogen-bond acceptors (Lipinski definition) is 6. The summed E-state index contributed by atoms with van der Waals surface area (Å²) in [6.07, 6.45) is 4.86. The third-order valence-electron chi connectivity index (χ3n) is 7.09. The van der Waals surface area contributed by atoms with Gasteiger partial charge in [0, 0.05) is 43.1 Å². The van der Waals surface area contributed by atoms with Crippen molar-refractivity contribution in [2.45, 2.75) is 51.7 Å². The maximum Gasteiger partial charge on any atom is 0.262 e. The van der Waals surface area contributed by atoms with E-state index in [1.54, 1.807) is 29.3 Å². The Labute approximate surface area is 193 Å². The molecule has 0 N–H and O–H groups in total. The van der Waals surface area contributed by atoms with Gasteiger partial charge in [0.15, 0.2) is 0 Å². The minimum Gasteiger partial charge on any atom is -0.497 e. The normalized spacial score (nSPS) is 20.1. The lowest BCUT2D eigenvalue weighted by molar-refractivity contribution is 0.0735. The summed E-state index contributed by atoms with van der Waals surface area (Å²) in [5, 5.41) is 0.846. The van der Waals surface area contributed by atoms with Crippen molar-refractivity contribution in [2.75, 3.05) is 33.3 Å². The summed E-state index contributed by atoms with van der Waals surface area (Å²) in [4.78, 5) is 25.6. The van der Waals surface area contributed by atoms with Crippen LogP contribution in [0.4, 0.5) is 0 Å². The van der Waals surface area contributed by atoms with E-state index in [-0.39, 0.29) is 5.56 Å². The number of fused-ring (bicyclic) bond motifs is 3. The number of thiophene rings is 1. The molecule has 3 aromatic rings. The average Bonchev–Trinajstić information content (AvgIpc) is 3.19. The number of rotatable bonds is 5. The van der Waals surface area contributed by atoms with E-state index in [1.807, 2.05) is 24.3 Å². The van der Waals surface area contributed by atoms with Crippen molar-refractivity contribution in [3.63, 3.8) is 0 Å². The van der Waals surface area contributed by atoms with Gasteiger partial charge in [0.05, 0.1) is 25.4 Å². The van der Waals surface area contributed by atoms with E-state index in [0.717, 1.165) is 67.0 Å². The van der Waals surface area contributed by atoms with E-state index in [1.165, 1.54) is 10.4 Å². The van der Waals surface area contributed by atoms with Gasteiger partial charge in [-0.25, -0.2) is 4.98 Å². The second kappa shape index (κ2) is 8.96. The zero-order chi connectivity index (χ0) is 22.2. The van der Waals surface area contributed by atoms with Crippen LogP contribution in [0, 0.1) is 0 Å². The highest BCUT2D eigenvalue weighted by atomic mass is 32.1. The molecule has 0 spiro atoms. The summed E-state index contributed by atoms with van der Waals surface area (Å²) in [6, 6.07) is 9.09. The lowest BCUT2D eigenvalue weighted by Gasteiger charge is -2.42. The number of methoxy groups -OCH3 is 1. The van der Waals surface area contributed by atoms with Gasteiger partial charge in [-0.05, 0) is 56.4 Å². The van der Waals surface area contributed by atoms with Crippen LogP contribution in [0.1, 0.15) is 36.3 Å². The largest absolute Gasteiger partial charge is 0.497 e. The second-order valence-corrected chi connectivity index (χ2v) is 10.4. The lowest BCUT2D eigenvalue weighted by Crippen LogP contribution is -2.53. The molecule has 0 saturated carbocycles. The van der Waals surface area contributed by atoms with Crippen molar-refractivity contribution in [2.24, 2.45) is 0 Å². The zero-order valence-corrected chi connectivity index (χ0v) is 20.0. The number of piperazine rings is 1. The fourth-order valence-corrected chi connectivity index (χ4v) is 6.44. The monoisotopic (exact) mass is 452 g/mol. The lowest BCUT2D eigenvalue weighted by atomic mass is 9.91. The van der Waals surface area contributed by atoms with Gasteiger partial charge in [-0.1, -0.05) is 12.1 Å². The van der Waals surface area contributed by atoms with E-state index in [2.05, 4.69) is 28.6 Å². The van der Waals surface area contributed by atoms with E-state index >= 15 is 0 Å². The number of aryl methyl sites for hydroxylation is 1. The smallest absolute Gasteiger partial charge is 0.262 e. The predicted octanol–water partition coefficient (Wildman–Crippen LogP) is 3.40. The molecule has 170 valence electrons. The molecule has 1 saturated heterocycles. The van der Waals surface area contributed by atoms with Crippen LogP contribution in [0.2, 0.25) is 0 Å². The molecule has 0 radical (unpaired) electrons. The molecule has 1 aliphatic carbocycles. The molecule has 0 amide bonds. The van der Waals surface area contributed by atoms with Crippen LogP contribution < -0.4 is 10.3 Å². The molecule has 7 heteroatoms. The van der Waals surface area contributed by atoms with Crippen LogP contribution in [-0.2, 0) is 19.4 Å². The summed E-state index contributed by atoms with van der Waals surface area (Å²) in [5.41, 5.74) is 2.37. The Morgan fingerprint density at radius 1 is 1.22 bits per heavy atom. The maximum absolute atomic E-state index is 13.4. The van der Waals surface area contributed by atoms with Gasteiger partial charge < -0.3 is 4.74 Å². The van der Waals surface area contributed by atoms with Crippen LogP contribution in [0.25, 0.3) is 10.2 Å². The van der Waals surface area contributed by atoms with Gasteiger partial charge in [0.1, 0.15) is 10.6 Å². The number of aromatic nitrogens is 2. The van der Waals surface area contributed by atoms with E-state index in [0.29, 0.717) is 18.6 Å². The highest BCUT2D eigenvalue weighted by Gasteiger charge is 2.30. The summed E-state index contributed by atoms with van der Waals surface area (Å²) in [7, 11) is 1.66. The molecule has 1 aromatic carbocycles. The molecule has 32 heavy (non-hydrogen) atoms. The van der Waals surface area contributed by atoms with Crippen molar-refractivity contribution in [1.29, 1.82) is 0 Å². The van der Waals surface area contributed by atoms with Gasteiger partial charge in [0.25, 0.3) is 5.56 Å². The zero-order valence-electron chi connectivity index (χ0n) is 19.2. The average molecular weight is 453 g/mol. The Hall–Kier alpha value is -2.22. The first-order chi connectivity index (χ1) is 15.5. The van der Waals surface area contributed by atoms with Gasteiger partial charge >= 0.3 is 0 Å². The molecule has 2 aliphatic rings. The van der Waals surface area contributed by atoms with Gasteiger partial charge in [-0.2, -0.15) is 0 Å². The van der Waals surface area contributed by atoms with Crippen molar-refractivity contribution in [3.05, 3.63) is 57.0 Å². The van der Waals surface area contributed by atoms with E-state index in [9.17, 15) is 4.79 Å². The Morgan fingerprint density at radius 3 is 2.78 bits per heavy atom. The first-order valence-corrected chi connectivity index (χ1v) is 12.5. The number of benzene rings is 1. The molecule has 1 unspecified atom stereocenters. The molecule has 6 nitrogen and oxygen atoms in total. The topological polar surface area (TPSA) is 50.6 Å². The van der Waals surface area contributed by atoms with Crippen LogP contribution in [0.5, 0.6) is 5.75 Å².